The SMILES string of the molecule is Cc1nc(C(CC2CCC2)C(N)=O)ccc1N. The van der Waals surface area contributed by atoms with Gasteiger partial charge in [-0.25, -0.2) is 0 Å². The molecule has 4 nitrogen and oxygen atoms in total. The zero-order valence-corrected chi connectivity index (χ0v) is 10.1. The van der Waals surface area contributed by atoms with E-state index >= 15 is 0 Å². The molecule has 1 aromatic rings. The predicted molar refractivity (Wildman–Crippen MR) is 67.3 cm³/mol. The number of nitrogen functional groups attached to an aromatic ring is 1. The molecule has 17 heavy (non-hydrogen) atoms. The number of anilines is 1. The van der Waals surface area contributed by atoms with Gasteiger partial charge in [0.05, 0.1) is 23.0 Å². The van der Waals surface area contributed by atoms with Crippen LogP contribution in [0.15, 0.2) is 12.1 Å². The Morgan fingerprint density at radius 1 is 1.53 bits per heavy atom. The highest BCUT2D eigenvalue weighted by molar-refractivity contribution is 5.81. The Morgan fingerprint density at radius 2 is 2.24 bits per heavy atom. The van der Waals surface area contributed by atoms with Gasteiger partial charge in [0.15, 0.2) is 0 Å². The van der Waals surface area contributed by atoms with Crippen LogP contribution in [0.3, 0.4) is 0 Å². The molecule has 1 aliphatic carbocycles. The quantitative estimate of drug-likeness (QED) is 0.830. The van der Waals surface area contributed by atoms with Crippen LogP contribution in [0.1, 0.15) is 43.0 Å². The van der Waals surface area contributed by atoms with Crippen LogP contribution in [-0.2, 0) is 4.79 Å². The van der Waals surface area contributed by atoms with E-state index < -0.39 is 0 Å². The Hall–Kier alpha value is -1.58. The predicted octanol–water partition coefficient (Wildman–Crippen LogP) is 1.73. The molecule has 1 saturated carbocycles. The van der Waals surface area contributed by atoms with Crippen molar-refractivity contribution < 1.29 is 4.79 Å². The fourth-order valence-corrected chi connectivity index (χ4v) is 2.23. The second-order valence-electron chi connectivity index (χ2n) is 4.90. The molecular weight excluding hydrogens is 214 g/mol. The van der Waals surface area contributed by atoms with Crippen molar-refractivity contribution in [3.8, 4) is 0 Å². The number of nitrogens with zero attached hydrogens (tertiary/aromatic N) is 1. The third-order valence-corrected chi connectivity index (χ3v) is 3.64. The third kappa shape index (κ3) is 2.57. The molecule has 0 aliphatic heterocycles. The number of pyridine rings is 1. The summed E-state index contributed by atoms with van der Waals surface area (Å²) < 4.78 is 0. The number of amides is 1. The van der Waals surface area contributed by atoms with Gasteiger partial charge in [-0.15, -0.1) is 0 Å². The third-order valence-electron chi connectivity index (χ3n) is 3.64. The van der Waals surface area contributed by atoms with E-state index in [1.165, 1.54) is 19.3 Å². The lowest BCUT2D eigenvalue weighted by Crippen LogP contribution is -2.26. The smallest absolute Gasteiger partial charge is 0.226 e. The molecule has 1 amide bonds. The summed E-state index contributed by atoms with van der Waals surface area (Å²) in [6.45, 7) is 1.85. The molecule has 1 aromatic heterocycles. The van der Waals surface area contributed by atoms with Gasteiger partial charge in [0.25, 0.3) is 0 Å². The van der Waals surface area contributed by atoms with Gasteiger partial charge in [0, 0.05) is 0 Å². The van der Waals surface area contributed by atoms with Gasteiger partial charge in [-0.05, 0) is 31.4 Å². The maximum atomic E-state index is 11.5. The molecule has 1 aliphatic rings. The molecule has 0 saturated heterocycles. The first kappa shape index (κ1) is 11.9. The highest BCUT2D eigenvalue weighted by Gasteiger charge is 2.27. The zero-order chi connectivity index (χ0) is 12.4. The normalized spacial score (nSPS) is 17.5. The Bertz CT molecular complexity index is 427. The number of hydrogen-bond donors (Lipinski definition) is 2. The summed E-state index contributed by atoms with van der Waals surface area (Å²) in [5, 5.41) is 0. The molecule has 1 unspecified atom stereocenters. The Labute approximate surface area is 101 Å². The van der Waals surface area contributed by atoms with E-state index in [1.54, 1.807) is 6.07 Å². The summed E-state index contributed by atoms with van der Waals surface area (Å²) in [6.07, 6.45) is 4.51. The summed E-state index contributed by atoms with van der Waals surface area (Å²) in [7, 11) is 0. The molecule has 1 atom stereocenters. The van der Waals surface area contributed by atoms with Crippen LogP contribution in [0.4, 0.5) is 5.69 Å². The van der Waals surface area contributed by atoms with E-state index in [-0.39, 0.29) is 11.8 Å². The number of rotatable bonds is 4. The number of aryl methyl sites for hydroxylation is 1. The number of carbonyl (C=O) groups is 1. The first-order valence-corrected chi connectivity index (χ1v) is 6.10. The number of primary amides is 1. The zero-order valence-electron chi connectivity index (χ0n) is 10.1. The fourth-order valence-electron chi connectivity index (χ4n) is 2.23. The molecule has 4 N–H and O–H groups in total. The monoisotopic (exact) mass is 233 g/mol. The molecule has 0 radical (unpaired) electrons. The van der Waals surface area contributed by atoms with E-state index in [2.05, 4.69) is 4.98 Å². The number of aromatic nitrogens is 1. The largest absolute Gasteiger partial charge is 0.397 e. The first-order valence-electron chi connectivity index (χ1n) is 6.10. The Balaban J connectivity index is 2.18. The molecule has 0 bridgehead atoms. The summed E-state index contributed by atoms with van der Waals surface area (Å²) in [5.74, 6) is 0.0836. The second-order valence-corrected chi connectivity index (χ2v) is 4.90. The maximum absolute atomic E-state index is 11.5. The number of nitrogens with two attached hydrogens (primary N) is 2. The molecule has 1 fully saturated rings. The van der Waals surface area contributed by atoms with E-state index in [1.807, 2.05) is 13.0 Å². The summed E-state index contributed by atoms with van der Waals surface area (Å²) >= 11 is 0. The Kier molecular flexibility index (Phi) is 3.31. The van der Waals surface area contributed by atoms with Crippen LogP contribution >= 0.6 is 0 Å². The summed E-state index contributed by atoms with van der Waals surface area (Å²) in [4.78, 5) is 15.9. The lowest BCUT2D eigenvalue weighted by atomic mass is 9.78. The topological polar surface area (TPSA) is 82.0 Å². The minimum Gasteiger partial charge on any atom is -0.397 e. The van der Waals surface area contributed by atoms with E-state index in [0.29, 0.717) is 11.6 Å². The van der Waals surface area contributed by atoms with Crippen molar-refractivity contribution in [1.29, 1.82) is 0 Å². The highest BCUT2D eigenvalue weighted by Crippen LogP contribution is 2.35. The first-order chi connectivity index (χ1) is 8.08. The van der Waals surface area contributed by atoms with Crippen LogP contribution in [0, 0.1) is 12.8 Å². The van der Waals surface area contributed by atoms with Crippen LogP contribution in [0.2, 0.25) is 0 Å². The highest BCUT2D eigenvalue weighted by atomic mass is 16.1. The number of hydrogen-bond acceptors (Lipinski definition) is 3. The van der Waals surface area contributed by atoms with Crippen LogP contribution < -0.4 is 11.5 Å². The molecule has 1 heterocycles. The average Bonchev–Trinajstić information content (AvgIpc) is 2.20. The van der Waals surface area contributed by atoms with E-state index in [9.17, 15) is 4.79 Å². The van der Waals surface area contributed by atoms with Gasteiger partial charge in [0.2, 0.25) is 5.91 Å². The molecule has 92 valence electrons. The van der Waals surface area contributed by atoms with Gasteiger partial charge in [-0.1, -0.05) is 19.3 Å². The van der Waals surface area contributed by atoms with Crippen molar-refractivity contribution in [2.75, 3.05) is 5.73 Å². The minimum absolute atomic E-state index is 0.264. The van der Waals surface area contributed by atoms with Crippen molar-refractivity contribution in [1.82, 2.24) is 4.98 Å². The molecule has 2 rings (SSSR count). The second kappa shape index (κ2) is 4.73. The van der Waals surface area contributed by atoms with Gasteiger partial charge in [0.1, 0.15) is 0 Å². The van der Waals surface area contributed by atoms with Gasteiger partial charge >= 0.3 is 0 Å². The van der Waals surface area contributed by atoms with Crippen molar-refractivity contribution in [3.63, 3.8) is 0 Å². The summed E-state index contributed by atoms with van der Waals surface area (Å²) in [5.41, 5.74) is 13.4. The van der Waals surface area contributed by atoms with E-state index in [0.717, 1.165) is 17.8 Å². The van der Waals surface area contributed by atoms with Crippen molar-refractivity contribution in [2.45, 2.75) is 38.5 Å². The lowest BCUT2D eigenvalue weighted by Gasteiger charge is -2.28. The lowest BCUT2D eigenvalue weighted by molar-refractivity contribution is -0.120. The van der Waals surface area contributed by atoms with Gasteiger partial charge in [-0.2, -0.15) is 0 Å². The van der Waals surface area contributed by atoms with Crippen molar-refractivity contribution in [3.05, 3.63) is 23.5 Å². The van der Waals surface area contributed by atoms with Crippen molar-refractivity contribution >= 4 is 11.6 Å². The van der Waals surface area contributed by atoms with Crippen LogP contribution in [0.5, 0.6) is 0 Å². The molecular formula is C13H19N3O. The average molecular weight is 233 g/mol. The molecule has 0 spiro atoms. The minimum atomic E-state index is -0.284. The van der Waals surface area contributed by atoms with E-state index in [4.69, 9.17) is 11.5 Å². The maximum Gasteiger partial charge on any atom is 0.226 e. The molecule has 0 aromatic carbocycles. The molecule has 4 heteroatoms. The Morgan fingerprint density at radius 3 is 2.71 bits per heavy atom. The van der Waals surface area contributed by atoms with Crippen LogP contribution in [0.25, 0.3) is 0 Å². The standard InChI is InChI=1S/C13H19N3O/c1-8-11(14)5-6-12(16-8)10(13(15)17)7-9-3-2-4-9/h5-6,9-10H,2-4,7,14H2,1H3,(H2,15,17). The fraction of sp³-hybridized carbons (Fsp3) is 0.538. The number of carbonyl (C=O) groups excluding carboxylic acids is 1. The van der Waals surface area contributed by atoms with Crippen molar-refractivity contribution in [2.24, 2.45) is 11.7 Å². The van der Waals surface area contributed by atoms with Crippen LogP contribution in [-0.4, -0.2) is 10.9 Å². The summed E-state index contributed by atoms with van der Waals surface area (Å²) in [6, 6.07) is 3.62. The van der Waals surface area contributed by atoms with Gasteiger partial charge in [-0.3, -0.25) is 9.78 Å². The van der Waals surface area contributed by atoms with Gasteiger partial charge < -0.3 is 11.5 Å².